The quantitative estimate of drug-likeness (QED) is 0.715. The van der Waals surface area contributed by atoms with Gasteiger partial charge in [-0.15, -0.1) is 0 Å². The van der Waals surface area contributed by atoms with Crippen molar-refractivity contribution in [3.05, 3.63) is 65.5 Å². The number of halogens is 1. The average molecular weight is 366 g/mol. The molecule has 0 N–H and O–H groups in total. The Labute approximate surface area is 156 Å². The van der Waals surface area contributed by atoms with E-state index in [9.17, 15) is 9.18 Å². The third-order valence-electron chi connectivity index (χ3n) is 4.83. The van der Waals surface area contributed by atoms with Crippen LogP contribution in [0, 0.1) is 12.7 Å². The highest BCUT2D eigenvalue weighted by atomic mass is 19.1. The predicted molar refractivity (Wildman–Crippen MR) is 97.9 cm³/mol. The molecule has 3 aromatic rings. The van der Waals surface area contributed by atoms with E-state index in [0.717, 1.165) is 22.8 Å². The van der Waals surface area contributed by atoms with Crippen molar-refractivity contribution in [2.24, 2.45) is 0 Å². The van der Waals surface area contributed by atoms with Crippen molar-refractivity contribution in [3.63, 3.8) is 0 Å². The summed E-state index contributed by atoms with van der Waals surface area (Å²) in [6.07, 6.45) is 3.48. The fourth-order valence-electron chi connectivity index (χ4n) is 3.40. The molecular formula is C20H19FN4O2. The van der Waals surface area contributed by atoms with Crippen molar-refractivity contribution in [3.8, 4) is 17.1 Å². The number of amides is 1. The summed E-state index contributed by atoms with van der Waals surface area (Å²) in [4.78, 5) is 23.3. The first-order valence-electron chi connectivity index (χ1n) is 8.67. The van der Waals surface area contributed by atoms with Gasteiger partial charge in [0.05, 0.1) is 25.0 Å². The molecular weight excluding hydrogens is 347 g/mol. The minimum Gasteiger partial charge on any atom is -0.494 e. The summed E-state index contributed by atoms with van der Waals surface area (Å²) in [6, 6.07) is 8.14. The van der Waals surface area contributed by atoms with Crippen molar-refractivity contribution in [1.29, 1.82) is 0 Å². The van der Waals surface area contributed by atoms with Crippen LogP contribution in [0.3, 0.4) is 0 Å². The van der Waals surface area contributed by atoms with Gasteiger partial charge in [0.15, 0.2) is 11.6 Å². The number of hydrogen-bond donors (Lipinski definition) is 0. The lowest BCUT2D eigenvalue weighted by Gasteiger charge is -2.29. The Morgan fingerprint density at radius 3 is 2.67 bits per heavy atom. The molecule has 0 unspecified atom stereocenters. The molecule has 3 heterocycles. The van der Waals surface area contributed by atoms with Gasteiger partial charge < -0.3 is 14.2 Å². The fraction of sp³-hybridized carbons (Fsp3) is 0.250. The zero-order valence-corrected chi connectivity index (χ0v) is 15.1. The van der Waals surface area contributed by atoms with Crippen LogP contribution in [0.15, 0.2) is 42.7 Å². The van der Waals surface area contributed by atoms with Gasteiger partial charge in [-0.25, -0.2) is 9.37 Å². The summed E-state index contributed by atoms with van der Waals surface area (Å²) in [7, 11) is 1.40. The molecule has 0 radical (unpaired) electrons. The van der Waals surface area contributed by atoms with Crippen molar-refractivity contribution in [1.82, 2.24) is 19.4 Å². The van der Waals surface area contributed by atoms with E-state index in [1.807, 2.05) is 19.1 Å². The molecule has 0 saturated heterocycles. The van der Waals surface area contributed by atoms with Gasteiger partial charge in [0.1, 0.15) is 5.82 Å². The minimum absolute atomic E-state index is 0.126. The van der Waals surface area contributed by atoms with Crippen LogP contribution in [-0.2, 0) is 13.1 Å². The highest BCUT2D eigenvalue weighted by molar-refractivity contribution is 5.94. The number of methoxy groups -OCH3 is 1. The normalized spacial score (nSPS) is 13.4. The predicted octanol–water partition coefficient (Wildman–Crippen LogP) is 3.06. The average Bonchev–Trinajstić information content (AvgIpc) is 3.04. The number of aryl methyl sites for hydroxylation is 1. The Kier molecular flexibility index (Phi) is 4.35. The zero-order valence-electron chi connectivity index (χ0n) is 15.1. The molecule has 1 amide bonds. The van der Waals surface area contributed by atoms with Crippen LogP contribution < -0.4 is 4.74 Å². The number of nitrogens with zero attached hydrogens (tertiary/aromatic N) is 4. The molecule has 7 heteroatoms. The van der Waals surface area contributed by atoms with Gasteiger partial charge in [-0.3, -0.25) is 9.78 Å². The molecule has 138 valence electrons. The Hall–Kier alpha value is -3.22. The van der Waals surface area contributed by atoms with Crippen molar-refractivity contribution >= 4 is 5.91 Å². The number of aromatic nitrogens is 3. The molecule has 4 rings (SSSR count). The Morgan fingerprint density at radius 2 is 1.96 bits per heavy atom. The van der Waals surface area contributed by atoms with E-state index in [4.69, 9.17) is 4.74 Å². The van der Waals surface area contributed by atoms with E-state index in [1.165, 1.54) is 19.2 Å². The Balaban J connectivity index is 1.61. The van der Waals surface area contributed by atoms with Gasteiger partial charge in [-0.2, -0.15) is 0 Å². The third kappa shape index (κ3) is 3.05. The number of pyridine rings is 1. The maximum absolute atomic E-state index is 14.0. The van der Waals surface area contributed by atoms with Crippen LogP contribution in [-0.4, -0.2) is 39.0 Å². The summed E-state index contributed by atoms with van der Waals surface area (Å²) in [5.74, 6) is 0.268. The highest BCUT2D eigenvalue weighted by Gasteiger charge is 2.26. The molecule has 0 spiro atoms. The molecule has 0 saturated carbocycles. The van der Waals surface area contributed by atoms with Crippen molar-refractivity contribution in [2.75, 3.05) is 13.7 Å². The van der Waals surface area contributed by atoms with Crippen LogP contribution in [0.25, 0.3) is 11.4 Å². The topological polar surface area (TPSA) is 60.2 Å². The second-order valence-corrected chi connectivity index (χ2v) is 6.43. The molecule has 1 aliphatic heterocycles. The standard InChI is InChI=1S/C20H19FN4O2/c1-13-17-12-24(20(26)15-3-4-18(27-2)16(21)11-15)9-10-25(17)19(23-13)14-5-7-22-8-6-14/h3-8,11H,9-10,12H2,1-2H3. The van der Waals surface area contributed by atoms with E-state index in [2.05, 4.69) is 14.5 Å². The SMILES string of the molecule is COc1ccc(C(=O)N2CCn3c(-c4ccncc4)nc(C)c3C2)cc1F. The van der Waals surface area contributed by atoms with Crippen molar-refractivity contribution in [2.45, 2.75) is 20.0 Å². The first-order chi connectivity index (χ1) is 13.1. The molecule has 0 aliphatic carbocycles. The van der Waals surface area contributed by atoms with Crippen LogP contribution in [0.5, 0.6) is 5.75 Å². The molecule has 0 atom stereocenters. The van der Waals surface area contributed by atoms with E-state index in [0.29, 0.717) is 25.2 Å². The van der Waals surface area contributed by atoms with E-state index >= 15 is 0 Å². The number of fused-ring (bicyclic) bond motifs is 1. The molecule has 1 aromatic carbocycles. The fourth-order valence-corrected chi connectivity index (χ4v) is 3.40. The maximum Gasteiger partial charge on any atom is 0.254 e. The third-order valence-corrected chi connectivity index (χ3v) is 4.83. The number of hydrogen-bond acceptors (Lipinski definition) is 4. The highest BCUT2D eigenvalue weighted by Crippen LogP contribution is 2.27. The number of benzene rings is 1. The van der Waals surface area contributed by atoms with Gasteiger partial charge in [-0.05, 0) is 37.3 Å². The molecule has 1 aliphatic rings. The Bertz CT molecular complexity index is 1000. The summed E-state index contributed by atoms with van der Waals surface area (Å²) in [5.41, 5.74) is 3.19. The second kappa shape index (κ2) is 6.83. The van der Waals surface area contributed by atoms with Crippen LogP contribution in [0.1, 0.15) is 21.7 Å². The number of carbonyl (C=O) groups excluding carboxylic acids is 1. The molecule has 2 aromatic heterocycles. The summed E-state index contributed by atoms with van der Waals surface area (Å²) < 4.78 is 21.0. The molecule has 0 fully saturated rings. The monoisotopic (exact) mass is 366 g/mol. The van der Waals surface area contributed by atoms with E-state index in [-0.39, 0.29) is 11.7 Å². The summed E-state index contributed by atoms with van der Waals surface area (Å²) in [6.45, 7) is 3.56. The van der Waals surface area contributed by atoms with Crippen LogP contribution in [0.4, 0.5) is 4.39 Å². The van der Waals surface area contributed by atoms with E-state index in [1.54, 1.807) is 23.4 Å². The van der Waals surface area contributed by atoms with Gasteiger partial charge in [0.25, 0.3) is 5.91 Å². The maximum atomic E-state index is 14.0. The molecule has 6 nitrogen and oxygen atoms in total. The Morgan fingerprint density at radius 1 is 1.19 bits per heavy atom. The zero-order chi connectivity index (χ0) is 19.0. The number of carbonyl (C=O) groups is 1. The molecule has 27 heavy (non-hydrogen) atoms. The lowest BCUT2D eigenvalue weighted by Crippen LogP contribution is -2.38. The van der Waals surface area contributed by atoms with E-state index < -0.39 is 5.82 Å². The van der Waals surface area contributed by atoms with Gasteiger partial charge in [0.2, 0.25) is 0 Å². The summed E-state index contributed by atoms with van der Waals surface area (Å²) in [5, 5.41) is 0. The second-order valence-electron chi connectivity index (χ2n) is 6.43. The summed E-state index contributed by atoms with van der Waals surface area (Å²) >= 11 is 0. The first-order valence-corrected chi connectivity index (χ1v) is 8.67. The van der Waals surface area contributed by atoms with Gasteiger partial charge in [-0.1, -0.05) is 0 Å². The molecule has 0 bridgehead atoms. The number of ether oxygens (including phenoxy) is 1. The van der Waals surface area contributed by atoms with Crippen LogP contribution >= 0.6 is 0 Å². The number of rotatable bonds is 3. The number of imidazole rings is 1. The van der Waals surface area contributed by atoms with Gasteiger partial charge in [0, 0.05) is 36.6 Å². The smallest absolute Gasteiger partial charge is 0.254 e. The minimum atomic E-state index is -0.540. The lowest BCUT2D eigenvalue weighted by atomic mass is 10.1. The van der Waals surface area contributed by atoms with Gasteiger partial charge >= 0.3 is 0 Å². The largest absolute Gasteiger partial charge is 0.494 e. The first kappa shape index (κ1) is 17.2. The van der Waals surface area contributed by atoms with Crippen molar-refractivity contribution < 1.29 is 13.9 Å². The van der Waals surface area contributed by atoms with Crippen LogP contribution in [0.2, 0.25) is 0 Å². The lowest BCUT2D eigenvalue weighted by molar-refractivity contribution is 0.0710.